The molecular formula is C16H15BrFNO2. The lowest BCUT2D eigenvalue weighted by Crippen LogP contribution is -2.06. The van der Waals surface area contributed by atoms with E-state index in [4.69, 9.17) is 10.5 Å². The second kappa shape index (κ2) is 7.22. The molecule has 0 aliphatic heterocycles. The van der Waals surface area contributed by atoms with Crippen LogP contribution in [0.3, 0.4) is 0 Å². The second-order valence-electron chi connectivity index (χ2n) is 4.64. The predicted molar refractivity (Wildman–Crippen MR) is 83.1 cm³/mol. The van der Waals surface area contributed by atoms with Crippen LogP contribution in [0.4, 0.5) is 10.1 Å². The fraction of sp³-hybridized carbons (Fsp3) is 0.188. The summed E-state index contributed by atoms with van der Waals surface area (Å²) in [5.41, 5.74) is 8.08. The Morgan fingerprint density at radius 3 is 2.76 bits per heavy atom. The van der Waals surface area contributed by atoms with Crippen molar-refractivity contribution in [1.82, 2.24) is 0 Å². The zero-order valence-electron chi connectivity index (χ0n) is 11.3. The first-order chi connectivity index (χ1) is 10.0. The van der Waals surface area contributed by atoms with Gasteiger partial charge in [-0.15, -0.1) is 0 Å². The summed E-state index contributed by atoms with van der Waals surface area (Å²) in [7, 11) is 0. The van der Waals surface area contributed by atoms with E-state index in [1.807, 2.05) is 18.2 Å². The van der Waals surface area contributed by atoms with Crippen LogP contribution in [0.2, 0.25) is 0 Å². The molecule has 2 rings (SSSR count). The summed E-state index contributed by atoms with van der Waals surface area (Å²) in [6, 6.07) is 11.7. The van der Waals surface area contributed by atoms with Crippen LogP contribution in [0.5, 0.6) is 0 Å². The van der Waals surface area contributed by atoms with E-state index in [0.29, 0.717) is 16.6 Å². The second-order valence-corrected chi connectivity index (χ2v) is 5.50. The van der Waals surface area contributed by atoms with Crippen molar-refractivity contribution in [3.8, 4) is 0 Å². The number of anilines is 1. The molecule has 2 N–H and O–H groups in total. The molecule has 5 heteroatoms. The molecule has 0 saturated heterocycles. The highest BCUT2D eigenvalue weighted by Gasteiger charge is 2.07. The van der Waals surface area contributed by atoms with Crippen LogP contribution in [0.1, 0.15) is 17.5 Å². The number of aryl methyl sites for hydroxylation is 1. The van der Waals surface area contributed by atoms with E-state index in [9.17, 15) is 9.18 Å². The zero-order valence-corrected chi connectivity index (χ0v) is 12.9. The van der Waals surface area contributed by atoms with Crippen molar-refractivity contribution in [2.45, 2.75) is 19.4 Å². The van der Waals surface area contributed by atoms with Crippen molar-refractivity contribution >= 4 is 27.6 Å². The molecule has 0 fully saturated rings. The third-order valence-electron chi connectivity index (χ3n) is 2.97. The molecule has 0 saturated carbocycles. The monoisotopic (exact) mass is 351 g/mol. The Bertz CT molecular complexity index is 646. The van der Waals surface area contributed by atoms with Gasteiger partial charge in [0.1, 0.15) is 12.4 Å². The average Bonchev–Trinajstić information content (AvgIpc) is 2.44. The van der Waals surface area contributed by atoms with Gasteiger partial charge in [-0.1, -0.05) is 34.1 Å². The third kappa shape index (κ3) is 4.86. The van der Waals surface area contributed by atoms with Crippen LogP contribution in [0, 0.1) is 5.82 Å². The molecule has 0 aliphatic rings. The predicted octanol–water partition coefficient (Wildman–Crippen LogP) is 3.85. The van der Waals surface area contributed by atoms with Gasteiger partial charge in [0.2, 0.25) is 0 Å². The van der Waals surface area contributed by atoms with E-state index in [0.717, 1.165) is 11.1 Å². The van der Waals surface area contributed by atoms with E-state index in [-0.39, 0.29) is 24.8 Å². The molecule has 2 aromatic rings. The number of rotatable bonds is 5. The Kier molecular flexibility index (Phi) is 5.33. The van der Waals surface area contributed by atoms with Gasteiger partial charge in [-0.05, 0) is 36.2 Å². The van der Waals surface area contributed by atoms with Gasteiger partial charge in [0.25, 0.3) is 0 Å². The van der Waals surface area contributed by atoms with Gasteiger partial charge in [-0.25, -0.2) is 4.39 Å². The van der Waals surface area contributed by atoms with Gasteiger partial charge in [-0.3, -0.25) is 4.79 Å². The van der Waals surface area contributed by atoms with Gasteiger partial charge >= 0.3 is 5.97 Å². The number of benzene rings is 2. The smallest absolute Gasteiger partial charge is 0.306 e. The molecular weight excluding hydrogens is 337 g/mol. The SMILES string of the molecule is Nc1cccc(CCC(=O)OCc2ccc(F)cc2Br)c1. The topological polar surface area (TPSA) is 52.3 Å². The molecule has 0 aromatic heterocycles. The Morgan fingerprint density at radius 2 is 2.05 bits per heavy atom. The maximum Gasteiger partial charge on any atom is 0.306 e. The summed E-state index contributed by atoms with van der Waals surface area (Å²) in [4.78, 5) is 11.7. The molecule has 0 bridgehead atoms. The molecule has 0 spiro atoms. The number of nitrogen functional groups attached to an aromatic ring is 1. The largest absolute Gasteiger partial charge is 0.461 e. The van der Waals surface area contributed by atoms with E-state index in [1.165, 1.54) is 12.1 Å². The number of carbonyl (C=O) groups excluding carboxylic acids is 1. The molecule has 3 nitrogen and oxygen atoms in total. The van der Waals surface area contributed by atoms with Gasteiger partial charge in [0, 0.05) is 22.1 Å². The van der Waals surface area contributed by atoms with Gasteiger partial charge in [-0.2, -0.15) is 0 Å². The Balaban J connectivity index is 1.82. The Labute approximate surface area is 131 Å². The van der Waals surface area contributed by atoms with Crippen LogP contribution in [0.15, 0.2) is 46.9 Å². The van der Waals surface area contributed by atoms with Crippen molar-refractivity contribution in [2.24, 2.45) is 0 Å². The number of hydrogen-bond donors (Lipinski definition) is 1. The molecule has 0 amide bonds. The highest BCUT2D eigenvalue weighted by Crippen LogP contribution is 2.19. The number of nitrogens with two attached hydrogens (primary N) is 1. The zero-order chi connectivity index (χ0) is 15.2. The summed E-state index contributed by atoms with van der Waals surface area (Å²) in [6.45, 7) is 0.122. The Morgan fingerprint density at radius 1 is 1.24 bits per heavy atom. The molecule has 2 aromatic carbocycles. The van der Waals surface area contributed by atoms with E-state index < -0.39 is 0 Å². The van der Waals surface area contributed by atoms with Crippen molar-refractivity contribution in [3.63, 3.8) is 0 Å². The summed E-state index contributed by atoms with van der Waals surface area (Å²) >= 11 is 3.24. The maximum atomic E-state index is 12.9. The summed E-state index contributed by atoms with van der Waals surface area (Å²) in [5.74, 6) is -0.632. The van der Waals surface area contributed by atoms with Gasteiger partial charge in [0.15, 0.2) is 0 Å². The lowest BCUT2D eigenvalue weighted by Gasteiger charge is -2.07. The van der Waals surface area contributed by atoms with Gasteiger partial charge in [0.05, 0.1) is 0 Å². The molecule has 0 unspecified atom stereocenters. The minimum absolute atomic E-state index is 0.122. The number of carbonyl (C=O) groups is 1. The van der Waals surface area contributed by atoms with E-state index in [1.54, 1.807) is 12.1 Å². The third-order valence-corrected chi connectivity index (χ3v) is 3.71. The van der Waals surface area contributed by atoms with Crippen LogP contribution in [0.25, 0.3) is 0 Å². The van der Waals surface area contributed by atoms with Crippen molar-refractivity contribution in [1.29, 1.82) is 0 Å². The lowest BCUT2D eigenvalue weighted by atomic mass is 10.1. The van der Waals surface area contributed by atoms with Gasteiger partial charge < -0.3 is 10.5 Å². The first-order valence-corrected chi connectivity index (χ1v) is 7.28. The molecule has 0 atom stereocenters. The fourth-order valence-electron chi connectivity index (χ4n) is 1.86. The summed E-state index contributed by atoms with van der Waals surface area (Å²) < 4.78 is 18.7. The van der Waals surface area contributed by atoms with Crippen molar-refractivity contribution < 1.29 is 13.9 Å². The highest BCUT2D eigenvalue weighted by molar-refractivity contribution is 9.10. The number of halogens is 2. The van der Waals surface area contributed by atoms with E-state index >= 15 is 0 Å². The van der Waals surface area contributed by atoms with E-state index in [2.05, 4.69) is 15.9 Å². The van der Waals surface area contributed by atoms with Crippen molar-refractivity contribution in [3.05, 3.63) is 63.9 Å². The normalized spacial score (nSPS) is 10.4. The van der Waals surface area contributed by atoms with Crippen LogP contribution >= 0.6 is 15.9 Å². The quantitative estimate of drug-likeness (QED) is 0.657. The summed E-state index contributed by atoms with van der Waals surface area (Å²) in [5, 5.41) is 0. The van der Waals surface area contributed by atoms with Crippen LogP contribution in [-0.4, -0.2) is 5.97 Å². The average molecular weight is 352 g/mol. The van der Waals surface area contributed by atoms with Crippen LogP contribution in [-0.2, 0) is 22.6 Å². The number of hydrogen-bond acceptors (Lipinski definition) is 3. The summed E-state index contributed by atoms with van der Waals surface area (Å²) in [6.07, 6.45) is 0.858. The standard InChI is InChI=1S/C16H15BrFNO2/c17-15-9-13(18)6-5-12(15)10-21-16(20)7-4-11-2-1-3-14(19)8-11/h1-3,5-6,8-9H,4,7,10,19H2. The maximum absolute atomic E-state index is 12.9. The van der Waals surface area contributed by atoms with Crippen molar-refractivity contribution in [2.75, 3.05) is 5.73 Å². The first kappa shape index (κ1) is 15.5. The number of ether oxygens (including phenoxy) is 1. The van der Waals surface area contributed by atoms with Crippen LogP contribution < -0.4 is 5.73 Å². The minimum atomic E-state index is -0.335. The molecule has 0 aliphatic carbocycles. The minimum Gasteiger partial charge on any atom is -0.461 e. The molecule has 21 heavy (non-hydrogen) atoms. The fourth-order valence-corrected chi connectivity index (χ4v) is 2.33. The molecule has 0 radical (unpaired) electrons. The molecule has 110 valence electrons. The highest BCUT2D eigenvalue weighted by atomic mass is 79.9. The molecule has 0 heterocycles. The number of esters is 1. The first-order valence-electron chi connectivity index (χ1n) is 6.48. The Hall–Kier alpha value is -1.88. The lowest BCUT2D eigenvalue weighted by molar-refractivity contribution is -0.144.